The van der Waals surface area contributed by atoms with Gasteiger partial charge in [-0.25, -0.2) is 0 Å². The fraction of sp³-hybridized carbons (Fsp3) is 0.806. The van der Waals surface area contributed by atoms with Gasteiger partial charge < -0.3 is 14.2 Å². The molecule has 6 nitrogen and oxygen atoms in total. The summed E-state index contributed by atoms with van der Waals surface area (Å²) >= 11 is 0. The van der Waals surface area contributed by atoms with E-state index in [2.05, 4.69) is 81.5 Å². The Morgan fingerprint density at radius 3 is 0.836 bits per heavy atom. The molecule has 0 fully saturated rings. The summed E-state index contributed by atoms with van der Waals surface area (Å²) in [6.45, 7) is 6.54. The molecule has 0 heterocycles. The number of allylic oxidation sites excluding steroid dienone is 10. The van der Waals surface area contributed by atoms with Crippen LogP contribution >= 0.6 is 0 Å². The van der Waals surface area contributed by atoms with Crippen LogP contribution in [0.5, 0.6) is 0 Å². The van der Waals surface area contributed by atoms with Gasteiger partial charge in [0.15, 0.2) is 6.10 Å². The van der Waals surface area contributed by atoms with Crippen LogP contribution in [0.4, 0.5) is 0 Å². The van der Waals surface area contributed by atoms with Crippen LogP contribution in [0.25, 0.3) is 0 Å². The molecule has 0 aliphatic heterocycles. The van der Waals surface area contributed by atoms with Gasteiger partial charge in [-0.2, -0.15) is 0 Å². The zero-order valence-electron chi connectivity index (χ0n) is 48.7. The fourth-order valence-corrected chi connectivity index (χ4v) is 9.25. The number of hydrogen-bond donors (Lipinski definition) is 0. The van der Waals surface area contributed by atoms with Gasteiger partial charge in [-0.05, 0) is 83.5 Å². The summed E-state index contributed by atoms with van der Waals surface area (Å²) in [4.78, 5) is 38.2. The Balaban J connectivity index is 4.20. The van der Waals surface area contributed by atoms with Crippen LogP contribution < -0.4 is 0 Å². The standard InChI is InChI=1S/C67H120O6/c1-4-7-10-13-16-19-22-24-26-28-29-30-31-32-33-34-35-36-37-39-40-42-45-48-51-54-57-60-66(69)72-63-64(62-71-65(68)59-56-53-50-47-44-21-18-15-12-9-6-3)73-67(70)61-58-55-52-49-46-43-41-38-27-25-23-20-17-14-11-8-5-2/h8,11,17,20,22,24-25,27-29,64H,4-7,9-10,12-16,18-19,21,23,26,30-63H2,1-3H3/b11-8-,20-17-,24-22-,27-25-,29-28-. The number of unbranched alkanes of at least 4 members (excludes halogenated alkanes) is 37. The first-order valence-electron chi connectivity index (χ1n) is 31.8. The van der Waals surface area contributed by atoms with Crippen molar-refractivity contribution in [3.63, 3.8) is 0 Å². The van der Waals surface area contributed by atoms with Crippen molar-refractivity contribution in [2.24, 2.45) is 0 Å². The molecule has 0 N–H and O–H groups in total. The Hall–Kier alpha value is -2.89. The van der Waals surface area contributed by atoms with Crippen LogP contribution in [-0.2, 0) is 28.6 Å². The van der Waals surface area contributed by atoms with E-state index in [9.17, 15) is 14.4 Å². The first-order valence-corrected chi connectivity index (χ1v) is 31.8. The Labute approximate surface area is 453 Å². The van der Waals surface area contributed by atoms with Crippen molar-refractivity contribution in [2.75, 3.05) is 13.2 Å². The zero-order valence-corrected chi connectivity index (χ0v) is 48.7. The minimum atomic E-state index is -0.777. The molecule has 73 heavy (non-hydrogen) atoms. The molecule has 0 amide bonds. The van der Waals surface area contributed by atoms with Crippen molar-refractivity contribution in [1.82, 2.24) is 0 Å². The lowest BCUT2D eigenvalue weighted by Crippen LogP contribution is -2.30. The van der Waals surface area contributed by atoms with E-state index in [0.29, 0.717) is 19.3 Å². The summed E-state index contributed by atoms with van der Waals surface area (Å²) in [5, 5.41) is 0. The molecule has 0 radical (unpaired) electrons. The van der Waals surface area contributed by atoms with Gasteiger partial charge in [-0.3, -0.25) is 14.4 Å². The lowest BCUT2D eigenvalue weighted by molar-refractivity contribution is -0.167. The van der Waals surface area contributed by atoms with E-state index in [1.165, 1.54) is 199 Å². The Morgan fingerprint density at radius 1 is 0.288 bits per heavy atom. The molecule has 0 bridgehead atoms. The van der Waals surface area contributed by atoms with E-state index < -0.39 is 6.10 Å². The molecule has 1 unspecified atom stereocenters. The smallest absolute Gasteiger partial charge is 0.306 e. The highest BCUT2D eigenvalue weighted by Crippen LogP contribution is 2.17. The molecule has 0 aromatic heterocycles. The highest BCUT2D eigenvalue weighted by atomic mass is 16.6. The van der Waals surface area contributed by atoms with Crippen molar-refractivity contribution in [3.05, 3.63) is 60.8 Å². The van der Waals surface area contributed by atoms with Gasteiger partial charge in [0, 0.05) is 19.3 Å². The summed E-state index contributed by atoms with van der Waals surface area (Å²) in [6.07, 6.45) is 78.1. The number of hydrogen-bond acceptors (Lipinski definition) is 6. The van der Waals surface area contributed by atoms with E-state index >= 15 is 0 Å². The number of ether oxygens (including phenoxy) is 3. The molecular weight excluding hydrogens is 901 g/mol. The lowest BCUT2D eigenvalue weighted by atomic mass is 10.0. The van der Waals surface area contributed by atoms with Crippen molar-refractivity contribution in [2.45, 2.75) is 335 Å². The van der Waals surface area contributed by atoms with Crippen molar-refractivity contribution in [3.8, 4) is 0 Å². The number of rotatable bonds is 58. The quantitative estimate of drug-likeness (QED) is 0.0261. The second-order valence-corrected chi connectivity index (χ2v) is 21.3. The van der Waals surface area contributed by atoms with E-state index in [-0.39, 0.29) is 31.1 Å². The molecule has 0 rings (SSSR count). The second-order valence-electron chi connectivity index (χ2n) is 21.3. The summed E-state index contributed by atoms with van der Waals surface area (Å²) < 4.78 is 16.9. The highest BCUT2D eigenvalue weighted by molar-refractivity contribution is 5.71. The Morgan fingerprint density at radius 2 is 0.534 bits per heavy atom. The third-order valence-corrected chi connectivity index (χ3v) is 14.0. The van der Waals surface area contributed by atoms with Crippen LogP contribution in [-0.4, -0.2) is 37.2 Å². The van der Waals surface area contributed by atoms with E-state index in [1.54, 1.807) is 0 Å². The van der Waals surface area contributed by atoms with Crippen molar-refractivity contribution >= 4 is 17.9 Å². The first-order chi connectivity index (χ1) is 36.0. The summed E-state index contributed by atoms with van der Waals surface area (Å²) in [7, 11) is 0. The van der Waals surface area contributed by atoms with Crippen LogP contribution in [0.15, 0.2) is 60.8 Å². The largest absolute Gasteiger partial charge is 0.462 e. The number of esters is 3. The molecule has 0 aromatic rings. The van der Waals surface area contributed by atoms with Gasteiger partial charge in [0.25, 0.3) is 0 Å². The van der Waals surface area contributed by atoms with Crippen LogP contribution in [0.2, 0.25) is 0 Å². The minimum Gasteiger partial charge on any atom is -0.462 e. The first kappa shape index (κ1) is 70.1. The molecule has 1 atom stereocenters. The zero-order chi connectivity index (χ0) is 52.9. The molecule has 0 aliphatic rings. The number of carbonyl (C=O) groups excluding carboxylic acids is 3. The topological polar surface area (TPSA) is 78.9 Å². The van der Waals surface area contributed by atoms with E-state index in [0.717, 1.165) is 89.9 Å². The maximum atomic E-state index is 12.9. The van der Waals surface area contributed by atoms with Crippen molar-refractivity contribution < 1.29 is 28.6 Å². The molecule has 6 heteroatoms. The van der Waals surface area contributed by atoms with Crippen molar-refractivity contribution in [1.29, 1.82) is 0 Å². The minimum absolute atomic E-state index is 0.0747. The molecular formula is C67H120O6. The predicted octanol–water partition coefficient (Wildman–Crippen LogP) is 21.6. The van der Waals surface area contributed by atoms with Gasteiger partial charge in [0.2, 0.25) is 0 Å². The third-order valence-electron chi connectivity index (χ3n) is 14.0. The SMILES string of the molecule is CC/C=C\C/C=C\C/C=C\CCCCCCCCCC(=O)OC(COC(=O)CCCCCCCCCCCCC)COC(=O)CCCCCCCCCCCCCCCCC/C=C\C/C=C\CCCCCCC. The van der Waals surface area contributed by atoms with Gasteiger partial charge in [-0.15, -0.1) is 0 Å². The van der Waals surface area contributed by atoms with Gasteiger partial charge in [0.05, 0.1) is 0 Å². The average molecular weight is 1020 g/mol. The molecule has 0 spiro atoms. The van der Waals surface area contributed by atoms with Gasteiger partial charge >= 0.3 is 17.9 Å². The second kappa shape index (κ2) is 61.7. The summed E-state index contributed by atoms with van der Waals surface area (Å²) in [5.41, 5.74) is 0. The van der Waals surface area contributed by atoms with E-state index in [1.807, 2.05) is 0 Å². The normalized spacial score (nSPS) is 12.4. The molecule has 0 saturated heterocycles. The maximum absolute atomic E-state index is 12.9. The van der Waals surface area contributed by atoms with Gasteiger partial charge in [-0.1, -0.05) is 287 Å². The maximum Gasteiger partial charge on any atom is 0.306 e. The van der Waals surface area contributed by atoms with E-state index in [4.69, 9.17) is 14.2 Å². The lowest BCUT2D eigenvalue weighted by Gasteiger charge is -2.18. The van der Waals surface area contributed by atoms with Crippen LogP contribution in [0, 0.1) is 0 Å². The fourth-order valence-electron chi connectivity index (χ4n) is 9.25. The average Bonchev–Trinajstić information content (AvgIpc) is 3.39. The Bertz CT molecular complexity index is 1310. The van der Waals surface area contributed by atoms with Crippen LogP contribution in [0.3, 0.4) is 0 Å². The molecule has 0 aromatic carbocycles. The predicted molar refractivity (Wildman–Crippen MR) is 316 cm³/mol. The molecule has 0 saturated carbocycles. The molecule has 424 valence electrons. The monoisotopic (exact) mass is 1020 g/mol. The highest BCUT2D eigenvalue weighted by Gasteiger charge is 2.19. The summed E-state index contributed by atoms with van der Waals surface area (Å²) in [6, 6.07) is 0. The van der Waals surface area contributed by atoms with Gasteiger partial charge in [0.1, 0.15) is 13.2 Å². The number of carbonyl (C=O) groups is 3. The van der Waals surface area contributed by atoms with Crippen LogP contribution in [0.1, 0.15) is 329 Å². The summed E-state index contributed by atoms with van der Waals surface area (Å²) in [5.74, 6) is -0.869. The third kappa shape index (κ3) is 59.9. The Kier molecular flexibility index (Phi) is 59.2. The molecule has 0 aliphatic carbocycles.